The summed E-state index contributed by atoms with van der Waals surface area (Å²) in [5, 5.41) is 0. The summed E-state index contributed by atoms with van der Waals surface area (Å²) in [7, 11) is -3.47. The largest absolute Gasteiger partial charge is 0.465 e. The maximum atomic E-state index is 12.7. The van der Waals surface area contributed by atoms with Crippen molar-refractivity contribution in [2.24, 2.45) is 5.92 Å². The molecule has 0 amide bonds. The molecule has 0 unspecified atom stereocenters. The number of allylic oxidation sites excluding steroid dienone is 12. The van der Waals surface area contributed by atoms with Crippen LogP contribution in [-0.2, 0) is 33.4 Å². The molecule has 9 heteroatoms. The summed E-state index contributed by atoms with van der Waals surface area (Å²) in [5.74, 6) is -0.392. The van der Waals surface area contributed by atoms with Gasteiger partial charge in [0.2, 0.25) is 0 Å². The molecule has 1 saturated carbocycles. The van der Waals surface area contributed by atoms with Gasteiger partial charge in [0.05, 0.1) is 26.1 Å². The molecule has 0 aromatic heterocycles. The van der Waals surface area contributed by atoms with E-state index in [2.05, 4.69) is 91.7 Å². The fraction of sp³-hybridized carbons (Fsp3) is 0.731. The highest BCUT2D eigenvalue weighted by atomic mass is 32.2. The van der Waals surface area contributed by atoms with E-state index in [0.29, 0.717) is 25.4 Å². The zero-order valence-electron chi connectivity index (χ0n) is 39.1. The Balaban J connectivity index is 2.45. The number of carbonyl (C=O) groups excluding carboxylic acids is 2. The number of nitrogens with zero attached hydrogens (tertiary/aromatic N) is 1. The Hall–Kier alpha value is -2.75. The van der Waals surface area contributed by atoms with Crippen LogP contribution < -0.4 is 0 Å². The predicted octanol–water partition coefficient (Wildman–Crippen LogP) is 13.6. The summed E-state index contributed by atoms with van der Waals surface area (Å²) in [4.78, 5) is 27.9. The number of unbranched alkanes of at least 4 members (excludes halogenated alkanes) is 11. The van der Waals surface area contributed by atoms with Crippen molar-refractivity contribution in [1.82, 2.24) is 4.90 Å². The van der Waals surface area contributed by atoms with Gasteiger partial charge < -0.3 is 9.47 Å². The van der Waals surface area contributed by atoms with E-state index < -0.39 is 10.1 Å². The second-order valence-electron chi connectivity index (χ2n) is 16.8. The summed E-state index contributed by atoms with van der Waals surface area (Å²) in [6.07, 6.45) is 56.2. The third-order valence-corrected chi connectivity index (χ3v) is 11.7. The Morgan fingerprint density at radius 3 is 1.48 bits per heavy atom. The number of ether oxygens (including phenoxy) is 2. The second-order valence-corrected chi connectivity index (χ2v) is 18.4. The lowest BCUT2D eigenvalue weighted by Gasteiger charge is -2.34. The molecule has 1 aliphatic rings. The van der Waals surface area contributed by atoms with Gasteiger partial charge in [-0.15, -0.1) is 0 Å². The molecule has 1 rings (SSSR count). The number of hydrogen-bond acceptors (Lipinski definition) is 8. The van der Waals surface area contributed by atoms with E-state index in [1.54, 1.807) is 0 Å². The molecule has 0 spiro atoms. The zero-order valence-corrected chi connectivity index (χ0v) is 39.9. The molecular formula is C52H89NO7S. The molecule has 0 saturated heterocycles. The van der Waals surface area contributed by atoms with E-state index in [4.69, 9.17) is 13.7 Å². The summed E-state index contributed by atoms with van der Waals surface area (Å²) in [6, 6.07) is 0.453. The molecule has 8 nitrogen and oxygen atoms in total. The molecule has 0 aromatic rings. The van der Waals surface area contributed by atoms with Crippen LogP contribution in [0.3, 0.4) is 0 Å². The normalized spacial score (nSPS) is 14.5. The van der Waals surface area contributed by atoms with Crippen molar-refractivity contribution in [3.05, 3.63) is 72.9 Å². The Morgan fingerprint density at radius 2 is 1.00 bits per heavy atom. The highest BCUT2D eigenvalue weighted by Gasteiger charge is 2.22. The fourth-order valence-electron chi connectivity index (χ4n) is 7.53. The first-order valence-electron chi connectivity index (χ1n) is 24.5. The molecule has 0 N–H and O–H groups in total. The minimum atomic E-state index is -3.47. The van der Waals surface area contributed by atoms with Crippen LogP contribution in [0.4, 0.5) is 0 Å². The summed E-state index contributed by atoms with van der Waals surface area (Å²) in [5.41, 5.74) is 0. The third kappa shape index (κ3) is 38.6. The molecule has 1 fully saturated rings. The van der Waals surface area contributed by atoms with Crippen LogP contribution >= 0.6 is 0 Å². The quantitative estimate of drug-likeness (QED) is 0.0260. The van der Waals surface area contributed by atoms with E-state index in [1.165, 1.54) is 44.9 Å². The molecule has 0 heterocycles. The van der Waals surface area contributed by atoms with Crippen molar-refractivity contribution in [1.29, 1.82) is 0 Å². The van der Waals surface area contributed by atoms with Crippen LogP contribution in [0, 0.1) is 5.92 Å². The van der Waals surface area contributed by atoms with Crippen molar-refractivity contribution in [3.8, 4) is 0 Å². The maximum Gasteiger partial charge on any atom is 0.305 e. The SMILES string of the molecule is CC/C=C\C/C=C\C/C=C\CCCCCCCC(=O)OCC(CCCCN(CCOS(C)(=O)=O)C1CCCCC1)COC(=O)CCCCCCC/C=C\C/C=C\C/C=C\CC. The van der Waals surface area contributed by atoms with Crippen molar-refractivity contribution < 1.29 is 31.7 Å². The number of hydrogen-bond donors (Lipinski definition) is 0. The van der Waals surface area contributed by atoms with Crippen LogP contribution in [-0.4, -0.2) is 70.5 Å². The van der Waals surface area contributed by atoms with Gasteiger partial charge in [-0.1, -0.05) is 151 Å². The average molecular weight is 872 g/mol. The monoisotopic (exact) mass is 872 g/mol. The number of esters is 2. The van der Waals surface area contributed by atoms with Gasteiger partial charge in [0.25, 0.3) is 10.1 Å². The van der Waals surface area contributed by atoms with E-state index in [9.17, 15) is 18.0 Å². The highest BCUT2D eigenvalue weighted by molar-refractivity contribution is 7.85. The highest BCUT2D eigenvalue weighted by Crippen LogP contribution is 2.23. The lowest BCUT2D eigenvalue weighted by Crippen LogP contribution is -2.40. The first-order valence-corrected chi connectivity index (χ1v) is 26.4. The minimum absolute atomic E-state index is 0.0486. The van der Waals surface area contributed by atoms with Crippen LogP contribution in [0.5, 0.6) is 0 Å². The van der Waals surface area contributed by atoms with Crippen LogP contribution in [0.25, 0.3) is 0 Å². The van der Waals surface area contributed by atoms with Crippen molar-refractivity contribution in [2.75, 3.05) is 39.2 Å². The van der Waals surface area contributed by atoms with Crippen molar-refractivity contribution in [2.45, 2.75) is 200 Å². The Bertz CT molecular complexity index is 1270. The van der Waals surface area contributed by atoms with Crippen LogP contribution in [0.15, 0.2) is 72.9 Å². The smallest absolute Gasteiger partial charge is 0.305 e. The Morgan fingerprint density at radius 1 is 0.557 bits per heavy atom. The van der Waals surface area contributed by atoms with E-state index >= 15 is 0 Å². The molecule has 0 bridgehead atoms. The third-order valence-electron chi connectivity index (χ3n) is 11.1. The van der Waals surface area contributed by atoms with Gasteiger partial charge in [0, 0.05) is 31.3 Å². The van der Waals surface area contributed by atoms with E-state index in [-0.39, 0.29) is 37.7 Å². The standard InChI is InChI=1S/C52H89NO7S/c1-4-6-8-10-12-14-16-18-20-22-24-26-28-30-35-42-51(54)58-47-49(39-37-38-44-53(45-46-60-61(3,56)57)50-40-33-32-34-41-50)48-59-52(55)43-36-31-29-27-25-23-21-19-17-15-13-11-9-7-5-2/h6-9,12-15,18-21,49-50H,4-5,10-11,16-17,22-48H2,1-3H3/b8-6-,9-7-,14-12-,15-13-,20-18-,21-19-. The van der Waals surface area contributed by atoms with Gasteiger partial charge in [-0.3, -0.25) is 18.7 Å². The van der Waals surface area contributed by atoms with Gasteiger partial charge in [0.15, 0.2) is 0 Å². The topological polar surface area (TPSA) is 99.2 Å². The van der Waals surface area contributed by atoms with Crippen molar-refractivity contribution in [3.63, 3.8) is 0 Å². The molecule has 0 aromatic carbocycles. The molecule has 1 aliphatic carbocycles. The predicted molar refractivity (Wildman–Crippen MR) is 257 cm³/mol. The van der Waals surface area contributed by atoms with Gasteiger partial charge in [-0.2, -0.15) is 8.42 Å². The number of rotatable bonds is 40. The number of carbonyl (C=O) groups is 2. The summed E-state index contributed by atoms with van der Waals surface area (Å²) in [6.45, 7) is 6.45. The van der Waals surface area contributed by atoms with Crippen molar-refractivity contribution >= 4 is 22.1 Å². The Labute approximate surface area is 374 Å². The first-order chi connectivity index (χ1) is 29.7. The Kier molecular flexibility index (Phi) is 38.1. The lowest BCUT2D eigenvalue weighted by atomic mass is 9.94. The molecule has 350 valence electrons. The van der Waals surface area contributed by atoms with Gasteiger partial charge >= 0.3 is 11.9 Å². The first kappa shape index (κ1) is 56.3. The maximum absolute atomic E-state index is 12.7. The molecule has 0 radical (unpaired) electrons. The fourth-order valence-corrected chi connectivity index (χ4v) is 7.91. The molecule has 61 heavy (non-hydrogen) atoms. The molecule has 0 atom stereocenters. The van der Waals surface area contributed by atoms with Crippen LogP contribution in [0.1, 0.15) is 194 Å². The van der Waals surface area contributed by atoms with Gasteiger partial charge in [-0.05, 0) is 109 Å². The lowest BCUT2D eigenvalue weighted by molar-refractivity contribution is -0.149. The van der Waals surface area contributed by atoms with Gasteiger partial charge in [0.1, 0.15) is 0 Å². The van der Waals surface area contributed by atoms with Crippen LogP contribution in [0.2, 0.25) is 0 Å². The zero-order chi connectivity index (χ0) is 44.3. The molecular weight excluding hydrogens is 783 g/mol. The van der Waals surface area contributed by atoms with E-state index in [1.807, 2.05) is 0 Å². The molecule has 0 aliphatic heterocycles. The minimum Gasteiger partial charge on any atom is -0.465 e. The summed E-state index contributed by atoms with van der Waals surface area (Å²) < 4.78 is 39.8. The average Bonchev–Trinajstić information content (AvgIpc) is 3.25. The second kappa shape index (κ2) is 41.3. The van der Waals surface area contributed by atoms with E-state index in [0.717, 1.165) is 135 Å². The van der Waals surface area contributed by atoms with Gasteiger partial charge in [-0.25, -0.2) is 0 Å². The summed E-state index contributed by atoms with van der Waals surface area (Å²) >= 11 is 0.